The average Bonchev–Trinajstić information content (AvgIpc) is 2.83. The van der Waals surface area contributed by atoms with Gasteiger partial charge in [0, 0.05) is 16.1 Å². The van der Waals surface area contributed by atoms with E-state index in [9.17, 15) is 5.11 Å². The summed E-state index contributed by atoms with van der Waals surface area (Å²) in [5, 5.41) is 13.4. The normalized spacial score (nSPS) is 10.4. The van der Waals surface area contributed by atoms with Crippen LogP contribution in [0.1, 0.15) is 4.88 Å². The third-order valence-corrected chi connectivity index (χ3v) is 3.85. The van der Waals surface area contributed by atoms with Crippen molar-refractivity contribution in [1.82, 2.24) is 4.98 Å². The third-order valence-electron chi connectivity index (χ3n) is 2.96. The standard InChI is InChI=1S/C16H14N2OS/c1-11-15(12-5-3-2-4-6-12)18-16(20-11)17-13-7-9-14(19)10-8-13/h2-10,19H,1H3,(H,17,18). The van der Waals surface area contributed by atoms with Gasteiger partial charge in [-0.1, -0.05) is 30.3 Å². The second-order valence-electron chi connectivity index (χ2n) is 4.46. The van der Waals surface area contributed by atoms with Crippen molar-refractivity contribution < 1.29 is 5.11 Å². The van der Waals surface area contributed by atoms with Gasteiger partial charge in [-0.15, -0.1) is 11.3 Å². The number of benzene rings is 2. The van der Waals surface area contributed by atoms with Gasteiger partial charge in [-0.25, -0.2) is 4.98 Å². The van der Waals surface area contributed by atoms with Gasteiger partial charge < -0.3 is 10.4 Å². The van der Waals surface area contributed by atoms with E-state index in [0.717, 1.165) is 22.1 Å². The lowest BCUT2D eigenvalue weighted by Crippen LogP contribution is -1.88. The fourth-order valence-corrected chi connectivity index (χ4v) is 2.84. The Labute approximate surface area is 121 Å². The maximum atomic E-state index is 9.28. The zero-order chi connectivity index (χ0) is 13.9. The molecule has 0 spiro atoms. The zero-order valence-corrected chi connectivity index (χ0v) is 11.8. The van der Waals surface area contributed by atoms with Crippen molar-refractivity contribution in [2.45, 2.75) is 6.92 Å². The fourth-order valence-electron chi connectivity index (χ4n) is 1.98. The van der Waals surface area contributed by atoms with Crippen molar-refractivity contribution in [3.8, 4) is 17.0 Å². The van der Waals surface area contributed by atoms with Crippen LogP contribution in [0.4, 0.5) is 10.8 Å². The highest BCUT2D eigenvalue weighted by molar-refractivity contribution is 7.16. The number of thiazole rings is 1. The van der Waals surface area contributed by atoms with Crippen molar-refractivity contribution in [1.29, 1.82) is 0 Å². The van der Waals surface area contributed by atoms with E-state index in [1.54, 1.807) is 23.5 Å². The summed E-state index contributed by atoms with van der Waals surface area (Å²) in [6, 6.07) is 17.1. The summed E-state index contributed by atoms with van der Waals surface area (Å²) >= 11 is 1.62. The Morgan fingerprint density at radius 1 is 1.00 bits per heavy atom. The van der Waals surface area contributed by atoms with Crippen LogP contribution in [0.2, 0.25) is 0 Å². The minimum absolute atomic E-state index is 0.260. The van der Waals surface area contributed by atoms with Crippen LogP contribution in [-0.2, 0) is 0 Å². The first-order valence-corrected chi connectivity index (χ1v) is 7.13. The van der Waals surface area contributed by atoms with Gasteiger partial charge >= 0.3 is 0 Å². The molecule has 3 nitrogen and oxygen atoms in total. The molecule has 0 radical (unpaired) electrons. The van der Waals surface area contributed by atoms with E-state index in [2.05, 4.69) is 29.4 Å². The lowest BCUT2D eigenvalue weighted by Gasteiger charge is -2.01. The van der Waals surface area contributed by atoms with Crippen molar-refractivity contribution >= 4 is 22.2 Å². The molecule has 0 bridgehead atoms. The summed E-state index contributed by atoms with van der Waals surface area (Å²) in [5.41, 5.74) is 3.05. The largest absolute Gasteiger partial charge is 0.508 e. The molecule has 0 aliphatic carbocycles. The van der Waals surface area contributed by atoms with E-state index in [4.69, 9.17) is 0 Å². The maximum absolute atomic E-state index is 9.28. The molecular weight excluding hydrogens is 268 g/mol. The Kier molecular flexibility index (Phi) is 3.39. The monoisotopic (exact) mass is 282 g/mol. The van der Waals surface area contributed by atoms with Gasteiger partial charge in [-0.3, -0.25) is 0 Å². The van der Waals surface area contributed by atoms with Crippen LogP contribution in [0, 0.1) is 6.92 Å². The molecule has 1 heterocycles. The Balaban J connectivity index is 1.87. The molecule has 0 aliphatic heterocycles. The summed E-state index contributed by atoms with van der Waals surface area (Å²) < 4.78 is 0. The van der Waals surface area contributed by atoms with Crippen LogP contribution in [0.3, 0.4) is 0 Å². The Hall–Kier alpha value is -2.33. The third kappa shape index (κ3) is 2.65. The molecule has 0 saturated carbocycles. The Morgan fingerprint density at radius 2 is 1.70 bits per heavy atom. The van der Waals surface area contributed by atoms with E-state index in [0.29, 0.717) is 0 Å². The molecule has 0 saturated heterocycles. The number of aromatic nitrogens is 1. The molecule has 3 aromatic rings. The van der Waals surface area contributed by atoms with Gasteiger partial charge in [-0.2, -0.15) is 0 Å². The SMILES string of the molecule is Cc1sc(Nc2ccc(O)cc2)nc1-c1ccccc1. The fraction of sp³-hybridized carbons (Fsp3) is 0.0625. The van der Waals surface area contributed by atoms with E-state index in [1.807, 2.05) is 30.3 Å². The lowest BCUT2D eigenvalue weighted by molar-refractivity contribution is 0.475. The van der Waals surface area contributed by atoms with Gasteiger partial charge in [0.2, 0.25) is 0 Å². The van der Waals surface area contributed by atoms with E-state index >= 15 is 0 Å². The highest BCUT2D eigenvalue weighted by Gasteiger charge is 2.09. The summed E-state index contributed by atoms with van der Waals surface area (Å²) in [5.74, 6) is 0.260. The zero-order valence-electron chi connectivity index (χ0n) is 11.0. The van der Waals surface area contributed by atoms with Crippen LogP contribution >= 0.6 is 11.3 Å². The van der Waals surface area contributed by atoms with Crippen molar-refractivity contribution in [3.05, 3.63) is 59.5 Å². The maximum Gasteiger partial charge on any atom is 0.187 e. The molecule has 2 aromatic carbocycles. The highest BCUT2D eigenvalue weighted by Crippen LogP contribution is 2.32. The van der Waals surface area contributed by atoms with Crippen LogP contribution in [0.15, 0.2) is 54.6 Å². The highest BCUT2D eigenvalue weighted by atomic mass is 32.1. The van der Waals surface area contributed by atoms with Crippen LogP contribution in [-0.4, -0.2) is 10.1 Å². The van der Waals surface area contributed by atoms with Gasteiger partial charge in [0.15, 0.2) is 5.13 Å². The first-order valence-electron chi connectivity index (χ1n) is 6.31. The lowest BCUT2D eigenvalue weighted by atomic mass is 10.1. The smallest absolute Gasteiger partial charge is 0.187 e. The van der Waals surface area contributed by atoms with Crippen LogP contribution < -0.4 is 5.32 Å². The van der Waals surface area contributed by atoms with Crippen LogP contribution in [0.25, 0.3) is 11.3 Å². The molecule has 0 fully saturated rings. The quantitative estimate of drug-likeness (QED) is 0.692. The molecule has 20 heavy (non-hydrogen) atoms. The molecule has 0 unspecified atom stereocenters. The van der Waals surface area contributed by atoms with E-state index in [-0.39, 0.29) is 5.75 Å². The number of aryl methyl sites for hydroxylation is 1. The molecule has 0 amide bonds. The predicted octanol–water partition coefficient (Wildman–Crippen LogP) is 4.57. The number of nitrogens with zero attached hydrogens (tertiary/aromatic N) is 1. The van der Waals surface area contributed by atoms with Crippen LogP contribution in [0.5, 0.6) is 5.75 Å². The van der Waals surface area contributed by atoms with Gasteiger partial charge in [-0.05, 0) is 31.2 Å². The number of hydrogen-bond acceptors (Lipinski definition) is 4. The summed E-state index contributed by atoms with van der Waals surface area (Å²) in [6.45, 7) is 2.07. The molecule has 2 N–H and O–H groups in total. The van der Waals surface area contributed by atoms with Crippen molar-refractivity contribution in [3.63, 3.8) is 0 Å². The number of rotatable bonds is 3. The number of phenolic OH excluding ortho intramolecular Hbond substituents is 1. The van der Waals surface area contributed by atoms with Gasteiger partial charge in [0.25, 0.3) is 0 Å². The molecule has 0 aliphatic rings. The van der Waals surface area contributed by atoms with E-state index in [1.165, 1.54) is 4.88 Å². The minimum atomic E-state index is 0.260. The minimum Gasteiger partial charge on any atom is -0.508 e. The second kappa shape index (κ2) is 5.35. The average molecular weight is 282 g/mol. The molecule has 100 valence electrons. The molecule has 4 heteroatoms. The topological polar surface area (TPSA) is 45.1 Å². The first-order chi connectivity index (χ1) is 9.72. The Bertz CT molecular complexity index is 705. The number of phenols is 1. The molecule has 0 atom stereocenters. The second-order valence-corrected chi connectivity index (χ2v) is 5.66. The molecular formula is C16H14N2OS. The summed E-state index contributed by atoms with van der Waals surface area (Å²) in [6.07, 6.45) is 0. The number of nitrogens with one attached hydrogen (secondary N) is 1. The predicted molar refractivity (Wildman–Crippen MR) is 83.7 cm³/mol. The van der Waals surface area contributed by atoms with E-state index < -0.39 is 0 Å². The summed E-state index contributed by atoms with van der Waals surface area (Å²) in [7, 11) is 0. The number of anilines is 2. The van der Waals surface area contributed by atoms with Crippen molar-refractivity contribution in [2.75, 3.05) is 5.32 Å². The van der Waals surface area contributed by atoms with Crippen molar-refractivity contribution in [2.24, 2.45) is 0 Å². The molecule has 3 rings (SSSR count). The number of hydrogen-bond donors (Lipinski definition) is 2. The Morgan fingerprint density at radius 3 is 2.40 bits per heavy atom. The van der Waals surface area contributed by atoms with Gasteiger partial charge in [0.05, 0.1) is 5.69 Å². The summed E-state index contributed by atoms with van der Waals surface area (Å²) in [4.78, 5) is 5.82. The number of aromatic hydroxyl groups is 1. The molecule has 1 aromatic heterocycles. The van der Waals surface area contributed by atoms with Gasteiger partial charge in [0.1, 0.15) is 5.75 Å². The first kappa shape index (κ1) is 12.7.